The van der Waals surface area contributed by atoms with E-state index in [9.17, 15) is 14.7 Å². The van der Waals surface area contributed by atoms with Crippen molar-refractivity contribution >= 4 is 28.3 Å². The van der Waals surface area contributed by atoms with Crippen molar-refractivity contribution in [2.45, 2.75) is 33.7 Å². The number of aromatic amines is 1. The van der Waals surface area contributed by atoms with Crippen LogP contribution in [0.15, 0.2) is 66.1 Å². The lowest BCUT2D eigenvalue weighted by atomic mass is 9.82. The number of carbonyl (C=O) groups excluding carboxylic acids is 2. The van der Waals surface area contributed by atoms with E-state index in [1.807, 2.05) is 37.3 Å². The fraction of sp³-hybridized carbons (Fsp3) is 0.280. The lowest BCUT2D eigenvalue weighted by molar-refractivity contribution is -0.123. The van der Waals surface area contributed by atoms with Crippen molar-refractivity contribution in [3.8, 4) is 5.75 Å². The number of H-pyrrole nitrogens is 1. The van der Waals surface area contributed by atoms with Crippen LogP contribution in [-0.4, -0.2) is 28.4 Å². The third kappa shape index (κ3) is 3.48. The second-order valence-electron chi connectivity index (χ2n) is 8.64. The topological polar surface area (TPSA) is 82.6 Å². The molecule has 4 rings (SSSR count). The van der Waals surface area contributed by atoms with Crippen molar-refractivity contribution in [2.75, 3.05) is 11.5 Å². The van der Waals surface area contributed by atoms with Gasteiger partial charge in [-0.05, 0) is 25.1 Å². The molecule has 0 saturated carbocycles. The Balaban J connectivity index is 1.94. The number of benzene rings is 2. The van der Waals surface area contributed by atoms with Crippen LogP contribution < -0.4 is 9.64 Å². The summed E-state index contributed by atoms with van der Waals surface area (Å²) in [5.74, 6) is -0.758. The van der Waals surface area contributed by atoms with Gasteiger partial charge in [-0.25, -0.2) is 0 Å². The van der Waals surface area contributed by atoms with E-state index in [-0.39, 0.29) is 11.4 Å². The molecule has 1 unspecified atom stereocenters. The molecule has 6 nitrogen and oxygen atoms in total. The number of para-hydroxylation sites is 1. The molecule has 0 radical (unpaired) electrons. The highest BCUT2D eigenvalue weighted by molar-refractivity contribution is 6.18. The summed E-state index contributed by atoms with van der Waals surface area (Å²) < 4.78 is 5.61. The molecule has 2 heterocycles. The number of ketones is 1. The predicted molar refractivity (Wildman–Crippen MR) is 120 cm³/mol. The summed E-state index contributed by atoms with van der Waals surface area (Å²) in [5.41, 5.74) is 1.54. The summed E-state index contributed by atoms with van der Waals surface area (Å²) in [6.07, 6.45) is 1.80. The van der Waals surface area contributed by atoms with Gasteiger partial charge in [-0.2, -0.15) is 0 Å². The number of nitrogens with zero attached hydrogens (tertiary/aromatic N) is 1. The van der Waals surface area contributed by atoms with Crippen LogP contribution in [0.4, 0.5) is 5.69 Å². The van der Waals surface area contributed by atoms with Crippen molar-refractivity contribution < 1.29 is 19.4 Å². The monoisotopic (exact) mass is 418 g/mol. The number of rotatable bonds is 5. The number of nitrogens with one attached hydrogen (secondary N) is 1. The smallest absolute Gasteiger partial charge is 0.294 e. The van der Waals surface area contributed by atoms with Gasteiger partial charge in [0.1, 0.15) is 5.75 Å². The highest BCUT2D eigenvalue weighted by atomic mass is 16.5. The van der Waals surface area contributed by atoms with E-state index in [4.69, 9.17) is 4.74 Å². The normalized spacial score (nSPS) is 17.0. The first-order valence-electron chi connectivity index (χ1n) is 10.3. The zero-order valence-electron chi connectivity index (χ0n) is 18.1. The van der Waals surface area contributed by atoms with Gasteiger partial charge in [0.25, 0.3) is 5.91 Å². The Hall–Kier alpha value is -3.54. The van der Waals surface area contributed by atoms with Crippen molar-refractivity contribution in [1.29, 1.82) is 0 Å². The number of amides is 1. The van der Waals surface area contributed by atoms with Gasteiger partial charge in [0.15, 0.2) is 11.5 Å². The van der Waals surface area contributed by atoms with Crippen LogP contribution in [0.25, 0.3) is 10.9 Å². The quantitative estimate of drug-likeness (QED) is 0.605. The van der Waals surface area contributed by atoms with E-state index >= 15 is 0 Å². The number of Topliss-reactive ketones (excluding diaryl/α,β-unsaturated/α-hetero) is 1. The zero-order chi connectivity index (χ0) is 22.3. The number of hydrogen-bond donors (Lipinski definition) is 2. The molecule has 0 aliphatic carbocycles. The fourth-order valence-corrected chi connectivity index (χ4v) is 4.01. The third-order valence-electron chi connectivity index (χ3n) is 5.46. The molecular weight excluding hydrogens is 392 g/mol. The highest BCUT2D eigenvalue weighted by Crippen LogP contribution is 2.45. The third-order valence-corrected chi connectivity index (χ3v) is 5.46. The minimum atomic E-state index is -0.767. The van der Waals surface area contributed by atoms with Crippen LogP contribution in [0.1, 0.15) is 39.3 Å². The lowest BCUT2D eigenvalue weighted by Crippen LogP contribution is -2.32. The maximum Gasteiger partial charge on any atom is 0.294 e. The van der Waals surface area contributed by atoms with Crippen molar-refractivity contribution in [2.24, 2.45) is 5.41 Å². The second kappa shape index (κ2) is 7.61. The van der Waals surface area contributed by atoms with Crippen molar-refractivity contribution in [3.05, 3.63) is 71.6 Å². The molecular formula is C25H26N2O4. The minimum absolute atomic E-state index is 0.115. The highest BCUT2D eigenvalue weighted by Gasteiger charge is 2.47. The number of fused-ring (bicyclic) bond motifs is 1. The number of carbonyl (C=O) groups is 2. The Bertz CT molecular complexity index is 1200. The average molecular weight is 418 g/mol. The van der Waals surface area contributed by atoms with Crippen LogP contribution >= 0.6 is 0 Å². The minimum Gasteiger partial charge on any atom is -0.503 e. The van der Waals surface area contributed by atoms with Crippen LogP contribution in [-0.2, 0) is 9.59 Å². The molecule has 3 aromatic rings. The number of aliphatic hydroxyl groups excluding tert-OH is 1. The number of aliphatic hydroxyl groups is 1. The Morgan fingerprint density at radius 2 is 1.90 bits per heavy atom. The summed E-state index contributed by atoms with van der Waals surface area (Å²) in [6, 6.07) is 14.1. The van der Waals surface area contributed by atoms with Gasteiger partial charge in [-0.15, -0.1) is 0 Å². The van der Waals surface area contributed by atoms with Crippen LogP contribution in [0.2, 0.25) is 0 Å². The van der Waals surface area contributed by atoms with E-state index in [1.54, 1.807) is 45.2 Å². The Kier molecular flexibility index (Phi) is 5.09. The molecule has 0 spiro atoms. The first-order chi connectivity index (χ1) is 14.7. The molecule has 0 fully saturated rings. The number of anilines is 1. The average Bonchev–Trinajstić information content (AvgIpc) is 3.26. The van der Waals surface area contributed by atoms with Crippen molar-refractivity contribution in [3.63, 3.8) is 0 Å². The van der Waals surface area contributed by atoms with Gasteiger partial charge in [-0.3, -0.25) is 14.5 Å². The molecule has 0 bridgehead atoms. The summed E-state index contributed by atoms with van der Waals surface area (Å²) in [7, 11) is 0. The predicted octanol–water partition coefficient (Wildman–Crippen LogP) is 5.08. The second-order valence-corrected chi connectivity index (χ2v) is 8.64. The standard InChI is InChI=1S/C25H26N2O4/c1-5-31-16-10-8-9-15(13-16)27-21(18-14-26-19-12-7-6-11-17(18)19)20(22(28)24(27)30)23(29)25(2,3)4/h6-14,21,26,28H,5H2,1-4H3. The first-order valence-corrected chi connectivity index (χ1v) is 10.3. The molecule has 1 aliphatic rings. The van der Waals surface area contributed by atoms with E-state index in [0.717, 1.165) is 16.5 Å². The van der Waals surface area contributed by atoms with E-state index in [1.165, 1.54) is 4.90 Å². The summed E-state index contributed by atoms with van der Waals surface area (Å²) >= 11 is 0. The van der Waals surface area contributed by atoms with Gasteiger partial charge in [0.2, 0.25) is 0 Å². The Morgan fingerprint density at radius 1 is 1.16 bits per heavy atom. The van der Waals surface area contributed by atoms with Gasteiger partial charge in [-0.1, -0.05) is 45.0 Å². The largest absolute Gasteiger partial charge is 0.503 e. The summed E-state index contributed by atoms with van der Waals surface area (Å²) in [6.45, 7) is 7.72. The van der Waals surface area contributed by atoms with Gasteiger partial charge < -0.3 is 14.8 Å². The molecule has 6 heteroatoms. The van der Waals surface area contributed by atoms with E-state index < -0.39 is 23.1 Å². The van der Waals surface area contributed by atoms with Crippen LogP contribution in [0.5, 0.6) is 5.75 Å². The molecule has 160 valence electrons. The van der Waals surface area contributed by atoms with Gasteiger partial charge >= 0.3 is 0 Å². The maximum absolute atomic E-state index is 13.4. The fourth-order valence-electron chi connectivity index (χ4n) is 4.01. The molecule has 1 aromatic heterocycles. The Labute approximate surface area is 181 Å². The van der Waals surface area contributed by atoms with Gasteiger partial charge in [0.05, 0.1) is 18.2 Å². The number of ether oxygens (including phenoxy) is 1. The molecule has 2 N–H and O–H groups in total. The molecule has 31 heavy (non-hydrogen) atoms. The SMILES string of the molecule is CCOc1cccc(N2C(=O)C(O)=C(C(=O)C(C)(C)C)C2c2c[nH]c3ccccc23)c1. The number of aromatic nitrogens is 1. The zero-order valence-corrected chi connectivity index (χ0v) is 18.1. The Morgan fingerprint density at radius 3 is 2.61 bits per heavy atom. The first kappa shape index (κ1) is 20.7. The summed E-state index contributed by atoms with van der Waals surface area (Å²) in [4.78, 5) is 31.3. The molecule has 1 atom stereocenters. The van der Waals surface area contributed by atoms with Crippen molar-refractivity contribution in [1.82, 2.24) is 4.98 Å². The van der Waals surface area contributed by atoms with E-state index in [0.29, 0.717) is 18.0 Å². The van der Waals surface area contributed by atoms with E-state index in [2.05, 4.69) is 4.98 Å². The molecule has 1 aliphatic heterocycles. The lowest BCUT2D eigenvalue weighted by Gasteiger charge is -2.28. The molecule has 2 aromatic carbocycles. The molecule has 0 saturated heterocycles. The maximum atomic E-state index is 13.4. The molecule has 1 amide bonds. The van der Waals surface area contributed by atoms with Crippen LogP contribution in [0, 0.1) is 5.41 Å². The summed E-state index contributed by atoms with van der Waals surface area (Å²) in [5, 5.41) is 11.8. The van der Waals surface area contributed by atoms with Gasteiger partial charge in [0, 0.05) is 39.8 Å². The number of hydrogen-bond acceptors (Lipinski definition) is 4. The van der Waals surface area contributed by atoms with Crippen LogP contribution in [0.3, 0.4) is 0 Å².